The number of aliphatic hydroxyl groups excluding tert-OH is 1. The van der Waals surface area contributed by atoms with Gasteiger partial charge in [-0.25, -0.2) is 18.2 Å². The molecule has 0 saturated heterocycles. The molecule has 1 aromatic heterocycles. The van der Waals surface area contributed by atoms with Crippen molar-refractivity contribution in [1.29, 1.82) is 0 Å². The predicted molar refractivity (Wildman–Crippen MR) is 156 cm³/mol. The number of amides is 3. The van der Waals surface area contributed by atoms with E-state index >= 15 is 0 Å². The number of anilines is 2. The zero-order chi connectivity index (χ0) is 30.6. The Morgan fingerprint density at radius 3 is 2.57 bits per heavy atom. The molecule has 2 aromatic carbocycles. The molecule has 0 aliphatic carbocycles. The molecule has 0 spiro atoms. The Kier molecular flexibility index (Phi) is 9.39. The summed E-state index contributed by atoms with van der Waals surface area (Å²) < 4.78 is 40.7. The topological polar surface area (TPSA) is 155 Å². The fourth-order valence-electron chi connectivity index (χ4n) is 4.55. The number of rotatable bonds is 9. The first-order valence-corrected chi connectivity index (χ1v) is 14.8. The number of nitrogens with zero attached hydrogens (tertiary/aromatic N) is 4. The fourth-order valence-corrected chi connectivity index (χ4v) is 5.69. The number of aryl methyl sites for hydroxylation is 1. The number of imidazole rings is 1. The van der Waals surface area contributed by atoms with Crippen LogP contribution in [0, 0.1) is 5.92 Å². The van der Waals surface area contributed by atoms with Crippen LogP contribution < -0.4 is 20.1 Å². The fraction of sp³-hybridized carbons (Fsp3) is 0.393. The number of aromatic nitrogens is 2. The van der Waals surface area contributed by atoms with E-state index in [-0.39, 0.29) is 53.5 Å². The standard InChI is InChI=1S/C28H36N6O7S/c1-18-13-34(19(2)16-35)27(36)22-7-6-8-23(31-28(37)30-20-9-11-21(40-5)12-10-20)26(22)41-24(18)14-33(4)42(38,39)25-15-32(3)17-29-25/h6-12,15,17-19,24,35H,13-14,16H2,1-5H3,(H2,30,31,37)/t18-,19-,24+/m0/s1. The Labute approximate surface area is 245 Å². The van der Waals surface area contributed by atoms with Gasteiger partial charge in [0.05, 0.1) is 43.9 Å². The van der Waals surface area contributed by atoms with E-state index in [0.29, 0.717) is 11.4 Å². The van der Waals surface area contributed by atoms with Crippen LogP contribution in [0.1, 0.15) is 24.2 Å². The van der Waals surface area contributed by atoms with Gasteiger partial charge in [-0.1, -0.05) is 13.0 Å². The molecular weight excluding hydrogens is 564 g/mol. The van der Waals surface area contributed by atoms with Crippen LogP contribution in [0.15, 0.2) is 60.0 Å². The van der Waals surface area contributed by atoms with Gasteiger partial charge in [-0.2, -0.15) is 4.31 Å². The molecular formula is C28H36N6O7S. The monoisotopic (exact) mass is 600 g/mol. The quantitative estimate of drug-likeness (QED) is 0.339. The number of urea groups is 1. The molecule has 3 aromatic rings. The molecule has 3 amide bonds. The van der Waals surface area contributed by atoms with Gasteiger partial charge in [0.15, 0.2) is 10.8 Å². The highest BCUT2D eigenvalue weighted by molar-refractivity contribution is 7.89. The molecule has 226 valence electrons. The first kappa shape index (κ1) is 30.8. The summed E-state index contributed by atoms with van der Waals surface area (Å²) in [5.74, 6) is -0.0129. The molecule has 42 heavy (non-hydrogen) atoms. The van der Waals surface area contributed by atoms with Crippen molar-refractivity contribution in [3.8, 4) is 11.5 Å². The lowest BCUT2D eigenvalue weighted by Crippen LogP contribution is -2.50. The molecule has 0 saturated carbocycles. The number of ether oxygens (including phenoxy) is 2. The van der Waals surface area contributed by atoms with Gasteiger partial charge in [-0.05, 0) is 43.3 Å². The van der Waals surface area contributed by atoms with Crippen molar-refractivity contribution in [2.75, 3.05) is 44.5 Å². The van der Waals surface area contributed by atoms with Crippen molar-refractivity contribution >= 4 is 33.3 Å². The summed E-state index contributed by atoms with van der Waals surface area (Å²) in [6.07, 6.45) is 2.08. The lowest BCUT2D eigenvalue weighted by Gasteiger charge is -2.38. The van der Waals surface area contributed by atoms with E-state index in [9.17, 15) is 23.1 Å². The van der Waals surface area contributed by atoms with E-state index in [1.807, 2.05) is 6.92 Å². The average molecular weight is 601 g/mol. The highest BCUT2D eigenvalue weighted by Gasteiger charge is 2.36. The minimum Gasteiger partial charge on any atom is -0.497 e. The van der Waals surface area contributed by atoms with E-state index in [1.165, 1.54) is 24.5 Å². The number of benzene rings is 2. The molecule has 0 unspecified atom stereocenters. The van der Waals surface area contributed by atoms with Crippen LogP contribution in [0.2, 0.25) is 0 Å². The SMILES string of the molecule is COc1ccc(NC(=O)Nc2cccc3c2O[C@H](CN(C)S(=O)(=O)c2cn(C)cn2)[C@@H](C)CN([C@@H](C)CO)C3=O)cc1. The van der Waals surface area contributed by atoms with Gasteiger partial charge in [0, 0.05) is 38.4 Å². The van der Waals surface area contributed by atoms with Crippen LogP contribution in [-0.2, 0) is 17.1 Å². The van der Waals surface area contributed by atoms with Gasteiger partial charge in [-0.3, -0.25) is 4.79 Å². The van der Waals surface area contributed by atoms with Crippen LogP contribution in [0.3, 0.4) is 0 Å². The second-order valence-electron chi connectivity index (χ2n) is 10.3. The molecule has 4 rings (SSSR count). The lowest BCUT2D eigenvalue weighted by molar-refractivity contribution is 0.0389. The predicted octanol–water partition coefficient (Wildman–Crippen LogP) is 2.61. The number of nitrogens with one attached hydrogen (secondary N) is 2. The highest BCUT2D eigenvalue weighted by atomic mass is 32.2. The maximum atomic E-state index is 13.7. The number of sulfonamides is 1. The van der Waals surface area contributed by atoms with Crippen LogP contribution in [0.25, 0.3) is 0 Å². The number of fused-ring (bicyclic) bond motifs is 1. The van der Waals surface area contributed by atoms with Crippen LogP contribution in [-0.4, -0.2) is 90.2 Å². The van der Waals surface area contributed by atoms with Gasteiger partial charge in [0.25, 0.3) is 15.9 Å². The Bertz CT molecular complexity index is 1530. The van der Waals surface area contributed by atoms with E-state index in [4.69, 9.17) is 9.47 Å². The highest BCUT2D eigenvalue weighted by Crippen LogP contribution is 2.35. The van der Waals surface area contributed by atoms with Crippen molar-refractivity contribution in [2.45, 2.75) is 31.0 Å². The second kappa shape index (κ2) is 12.8. The summed E-state index contributed by atoms with van der Waals surface area (Å²) >= 11 is 0. The third kappa shape index (κ3) is 6.66. The number of likely N-dealkylation sites (N-methyl/N-ethyl adjacent to an activating group) is 1. The van der Waals surface area contributed by atoms with E-state index < -0.39 is 28.2 Å². The minimum absolute atomic E-state index is 0.0680. The van der Waals surface area contributed by atoms with E-state index in [1.54, 1.807) is 68.1 Å². The molecule has 3 N–H and O–H groups in total. The van der Waals surface area contributed by atoms with Crippen molar-refractivity contribution in [3.63, 3.8) is 0 Å². The molecule has 14 heteroatoms. The Morgan fingerprint density at radius 2 is 1.95 bits per heavy atom. The van der Waals surface area contributed by atoms with Crippen LogP contribution in [0.5, 0.6) is 11.5 Å². The van der Waals surface area contributed by atoms with Crippen LogP contribution in [0.4, 0.5) is 16.2 Å². The maximum absolute atomic E-state index is 13.7. The molecule has 1 aliphatic rings. The Hall–Kier alpha value is -4.14. The van der Waals surface area contributed by atoms with Gasteiger partial charge in [-0.15, -0.1) is 0 Å². The van der Waals surface area contributed by atoms with Crippen LogP contribution >= 0.6 is 0 Å². The number of carbonyl (C=O) groups is 2. The molecule has 0 fully saturated rings. The number of methoxy groups -OCH3 is 1. The van der Waals surface area contributed by atoms with E-state index in [0.717, 1.165) is 4.31 Å². The number of aliphatic hydroxyl groups is 1. The summed E-state index contributed by atoms with van der Waals surface area (Å²) in [5, 5.41) is 15.3. The Balaban J connectivity index is 1.67. The molecule has 13 nitrogen and oxygen atoms in total. The zero-order valence-electron chi connectivity index (χ0n) is 24.1. The largest absolute Gasteiger partial charge is 0.497 e. The summed E-state index contributed by atoms with van der Waals surface area (Å²) in [6.45, 7) is 3.44. The third-order valence-corrected chi connectivity index (χ3v) is 8.79. The molecule has 3 atom stereocenters. The zero-order valence-corrected chi connectivity index (χ0v) is 25.0. The molecule has 1 aliphatic heterocycles. The van der Waals surface area contributed by atoms with E-state index in [2.05, 4.69) is 15.6 Å². The van der Waals surface area contributed by atoms with Crippen molar-refractivity contribution in [1.82, 2.24) is 18.8 Å². The molecule has 0 radical (unpaired) electrons. The summed E-state index contributed by atoms with van der Waals surface area (Å²) in [6, 6.07) is 10.4. The number of hydrogen-bond acceptors (Lipinski definition) is 8. The maximum Gasteiger partial charge on any atom is 0.323 e. The number of hydrogen-bond donors (Lipinski definition) is 3. The van der Waals surface area contributed by atoms with Gasteiger partial charge >= 0.3 is 6.03 Å². The summed E-state index contributed by atoms with van der Waals surface area (Å²) in [4.78, 5) is 32.2. The van der Waals surface area contributed by atoms with Gasteiger partial charge in [0.2, 0.25) is 0 Å². The number of carbonyl (C=O) groups excluding carboxylic acids is 2. The minimum atomic E-state index is -3.94. The number of para-hydroxylation sites is 1. The first-order valence-electron chi connectivity index (χ1n) is 13.3. The summed E-state index contributed by atoms with van der Waals surface area (Å²) in [5.41, 5.74) is 0.905. The second-order valence-corrected chi connectivity index (χ2v) is 12.3. The van der Waals surface area contributed by atoms with Crippen molar-refractivity contribution < 1.29 is 32.6 Å². The van der Waals surface area contributed by atoms with Gasteiger partial charge < -0.3 is 34.7 Å². The van der Waals surface area contributed by atoms with Gasteiger partial charge in [0.1, 0.15) is 11.9 Å². The van der Waals surface area contributed by atoms with Crippen molar-refractivity contribution in [2.24, 2.45) is 13.0 Å². The lowest BCUT2D eigenvalue weighted by atomic mass is 9.99. The molecule has 0 bridgehead atoms. The average Bonchev–Trinajstić information content (AvgIpc) is 3.42. The first-order chi connectivity index (χ1) is 19.9. The molecule has 2 heterocycles. The normalized spacial score (nSPS) is 18.0. The third-order valence-electron chi connectivity index (χ3n) is 7.08. The smallest absolute Gasteiger partial charge is 0.323 e. The Morgan fingerprint density at radius 1 is 1.24 bits per heavy atom. The summed E-state index contributed by atoms with van der Waals surface area (Å²) in [7, 11) is 0.715. The van der Waals surface area contributed by atoms with Crippen molar-refractivity contribution in [3.05, 3.63) is 60.6 Å².